The lowest BCUT2D eigenvalue weighted by molar-refractivity contribution is 0.0525. The lowest BCUT2D eigenvalue weighted by atomic mass is 10.1. The van der Waals surface area contributed by atoms with Gasteiger partial charge < -0.3 is 4.74 Å². The number of ether oxygens (including phenoxy) is 1. The van der Waals surface area contributed by atoms with Crippen molar-refractivity contribution >= 4 is 45.1 Å². The van der Waals surface area contributed by atoms with Crippen LogP contribution in [0.15, 0.2) is 12.1 Å². The molecule has 0 atom stereocenters. The molecule has 2 nitrogen and oxygen atoms in total. The number of carbonyl (C=O) groups is 1. The minimum absolute atomic E-state index is 0.309. The van der Waals surface area contributed by atoms with Crippen LogP contribution in [0.3, 0.4) is 0 Å². The largest absolute Gasteiger partial charge is 0.462 e. The molecule has 0 fully saturated rings. The average Bonchev–Trinajstić information content (AvgIpc) is 2.21. The highest BCUT2D eigenvalue weighted by atomic mass is 79.9. The van der Waals surface area contributed by atoms with Gasteiger partial charge in [-0.3, -0.25) is 0 Å². The molecule has 0 aliphatic carbocycles. The van der Waals surface area contributed by atoms with Crippen molar-refractivity contribution in [2.45, 2.75) is 12.3 Å². The van der Waals surface area contributed by atoms with E-state index in [-0.39, 0.29) is 0 Å². The number of benzene rings is 1. The lowest BCUT2D eigenvalue weighted by Crippen LogP contribution is -2.08. The molecule has 0 aliphatic rings. The maximum atomic E-state index is 11.6. The number of halogens is 3. The Balaban J connectivity index is 3.24. The van der Waals surface area contributed by atoms with Gasteiger partial charge in [0.15, 0.2) is 0 Å². The Hall–Kier alpha value is -0.250. The van der Waals surface area contributed by atoms with Crippen molar-refractivity contribution in [1.82, 2.24) is 0 Å². The van der Waals surface area contributed by atoms with Crippen LogP contribution in [0.5, 0.6) is 0 Å². The van der Waals surface area contributed by atoms with Crippen molar-refractivity contribution in [2.24, 2.45) is 0 Å². The monoisotopic (exact) mass is 310 g/mol. The fourth-order valence-electron chi connectivity index (χ4n) is 1.15. The second-order valence-electron chi connectivity index (χ2n) is 2.74. The molecule has 0 radical (unpaired) electrons. The third kappa shape index (κ3) is 2.86. The first kappa shape index (κ1) is 12.8. The van der Waals surface area contributed by atoms with Gasteiger partial charge in [-0.1, -0.05) is 39.1 Å². The van der Waals surface area contributed by atoms with Crippen LogP contribution >= 0.6 is 39.1 Å². The molecule has 0 amide bonds. The average molecular weight is 312 g/mol. The van der Waals surface area contributed by atoms with Gasteiger partial charge in [-0.05, 0) is 24.6 Å². The summed E-state index contributed by atoms with van der Waals surface area (Å²) in [4.78, 5) is 11.6. The summed E-state index contributed by atoms with van der Waals surface area (Å²) in [6, 6.07) is 3.24. The SMILES string of the molecule is CCOC(=O)c1c(Cl)ccc(Cl)c1CBr. The van der Waals surface area contributed by atoms with Crippen LogP contribution < -0.4 is 0 Å². The zero-order valence-electron chi connectivity index (χ0n) is 8.02. The van der Waals surface area contributed by atoms with E-state index in [4.69, 9.17) is 27.9 Å². The van der Waals surface area contributed by atoms with E-state index < -0.39 is 5.97 Å². The standard InChI is InChI=1S/C10H9BrCl2O2/c1-2-15-10(14)9-6(5-11)7(12)3-4-8(9)13/h3-4H,2,5H2,1H3. The highest BCUT2D eigenvalue weighted by molar-refractivity contribution is 9.08. The van der Waals surface area contributed by atoms with Crippen molar-refractivity contribution in [1.29, 1.82) is 0 Å². The molecule has 5 heteroatoms. The Bertz CT molecular complexity index is 380. The summed E-state index contributed by atoms with van der Waals surface area (Å²) >= 11 is 15.1. The molecular formula is C10H9BrCl2O2. The van der Waals surface area contributed by atoms with Crippen molar-refractivity contribution in [3.05, 3.63) is 33.3 Å². The Labute approximate surface area is 107 Å². The predicted molar refractivity (Wildman–Crippen MR) is 65.0 cm³/mol. The molecule has 1 rings (SSSR count). The van der Waals surface area contributed by atoms with E-state index in [1.54, 1.807) is 19.1 Å². The van der Waals surface area contributed by atoms with Crippen LogP contribution in [0.1, 0.15) is 22.8 Å². The van der Waals surface area contributed by atoms with Crippen LogP contribution in [0.4, 0.5) is 0 Å². The first-order valence-corrected chi connectivity index (χ1v) is 6.19. The Morgan fingerprint density at radius 3 is 2.53 bits per heavy atom. The van der Waals surface area contributed by atoms with Crippen LogP contribution in [-0.2, 0) is 10.1 Å². The quantitative estimate of drug-likeness (QED) is 0.621. The van der Waals surface area contributed by atoms with Crippen LogP contribution in [0, 0.1) is 0 Å². The van der Waals surface area contributed by atoms with E-state index in [9.17, 15) is 4.79 Å². The summed E-state index contributed by atoms with van der Waals surface area (Å²) in [7, 11) is 0. The zero-order chi connectivity index (χ0) is 11.4. The van der Waals surface area contributed by atoms with Crippen molar-refractivity contribution in [3.63, 3.8) is 0 Å². The Kier molecular flexibility index (Phi) is 4.90. The van der Waals surface area contributed by atoms with E-state index in [2.05, 4.69) is 15.9 Å². The maximum Gasteiger partial charge on any atom is 0.340 e. The smallest absolute Gasteiger partial charge is 0.340 e. The van der Waals surface area contributed by atoms with Gasteiger partial charge in [0.05, 0.1) is 17.2 Å². The number of alkyl halides is 1. The molecule has 0 spiro atoms. The molecule has 0 unspecified atom stereocenters. The molecule has 15 heavy (non-hydrogen) atoms. The van der Waals surface area contributed by atoms with Crippen LogP contribution in [-0.4, -0.2) is 12.6 Å². The summed E-state index contributed by atoms with van der Waals surface area (Å²) < 4.78 is 4.90. The molecule has 82 valence electrons. The van der Waals surface area contributed by atoms with E-state index in [0.717, 1.165) is 0 Å². The van der Waals surface area contributed by atoms with E-state index in [1.807, 2.05) is 0 Å². The minimum Gasteiger partial charge on any atom is -0.462 e. The van der Waals surface area contributed by atoms with E-state index >= 15 is 0 Å². The summed E-state index contributed by atoms with van der Waals surface area (Å²) in [5, 5.41) is 1.31. The summed E-state index contributed by atoms with van der Waals surface area (Å²) in [5.74, 6) is -0.445. The normalized spacial score (nSPS) is 10.1. The number of hydrogen-bond donors (Lipinski definition) is 0. The van der Waals surface area contributed by atoms with Crippen LogP contribution in [0.25, 0.3) is 0 Å². The fourth-order valence-corrected chi connectivity index (χ4v) is 2.37. The molecule has 1 aromatic carbocycles. The van der Waals surface area contributed by atoms with Gasteiger partial charge in [-0.2, -0.15) is 0 Å². The number of carbonyl (C=O) groups excluding carboxylic acids is 1. The van der Waals surface area contributed by atoms with Gasteiger partial charge in [0.2, 0.25) is 0 Å². The van der Waals surface area contributed by atoms with Gasteiger partial charge >= 0.3 is 5.97 Å². The number of esters is 1. The molecular weight excluding hydrogens is 303 g/mol. The highest BCUT2D eigenvalue weighted by Gasteiger charge is 2.18. The van der Waals surface area contributed by atoms with Crippen LogP contribution in [0.2, 0.25) is 10.0 Å². The van der Waals surface area contributed by atoms with Gasteiger partial charge in [0, 0.05) is 10.4 Å². The predicted octanol–water partition coefficient (Wildman–Crippen LogP) is 4.07. The molecule has 0 saturated carbocycles. The topological polar surface area (TPSA) is 26.3 Å². The van der Waals surface area contributed by atoms with Gasteiger partial charge in [-0.25, -0.2) is 4.79 Å². The van der Waals surface area contributed by atoms with Crippen molar-refractivity contribution < 1.29 is 9.53 Å². The third-order valence-electron chi connectivity index (χ3n) is 1.82. The molecule has 1 aromatic rings. The second-order valence-corrected chi connectivity index (χ2v) is 4.11. The third-order valence-corrected chi connectivity index (χ3v) is 3.05. The lowest BCUT2D eigenvalue weighted by Gasteiger charge is -2.10. The minimum atomic E-state index is -0.445. The molecule has 0 saturated heterocycles. The van der Waals surface area contributed by atoms with E-state index in [1.165, 1.54) is 0 Å². The summed E-state index contributed by atoms with van der Waals surface area (Å²) in [5.41, 5.74) is 0.991. The van der Waals surface area contributed by atoms with Crippen molar-refractivity contribution in [3.8, 4) is 0 Å². The number of hydrogen-bond acceptors (Lipinski definition) is 2. The molecule has 0 aromatic heterocycles. The molecule has 0 bridgehead atoms. The molecule has 0 aliphatic heterocycles. The first-order valence-electron chi connectivity index (χ1n) is 4.31. The number of rotatable bonds is 3. The Morgan fingerprint density at radius 2 is 2.00 bits per heavy atom. The molecule has 0 N–H and O–H groups in total. The fraction of sp³-hybridized carbons (Fsp3) is 0.300. The second kappa shape index (κ2) is 5.73. The highest BCUT2D eigenvalue weighted by Crippen LogP contribution is 2.29. The first-order chi connectivity index (χ1) is 7.11. The summed E-state index contributed by atoms with van der Waals surface area (Å²) in [6.07, 6.45) is 0. The van der Waals surface area contributed by atoms with Gasteiger partial charge in [0.25, 0.3) is 0 Å². The van der Waals surface area contributed by atoms with Gasteiger partial charge in [0.1, 0.15) is 0 Å². The summed E-state index contributed by atoms with van der Waals surface area (Å²) in [6.45, 7) is 2.05. The van der Waals surface area contributed by atoms with Crippen molar-refractivity contribution in [2.75, 3.05) is 6.61 Å². The van der Waals surface area contributed by atoms with Gasteiger partial charge in [-0.15, -0.1) is 0 Å². The zero-order valence-corrected chi connectivity index (χ0v) is 11.1. The maximum absolute atomic E-state index is 11.6. The Morgan fingerprint density at radius 1 is 1.40 bits per heavy atom. The molecule has 0 heterocycles. The van der Waals surface area contributed by atoms with E-state index in [0.29, 0.717) is 33.1 Å².